The van der Waals surface area contributed by atoms with Gasteiger partial charge in [-0.1, -0.05) is 152 Å². The van der Waals surface area contributed by atoms with Crippen molar-refractivity contribution in [2.75, 3.05) is 0 Å². The molecular formula is C53H34N2. The molecule has 2 nitrogen and oxygen atoms in total. The largest absolute Gasteiger partial charge is 0.309 e. The molecule has 0 atom stereocenters. The zero-order chi connectivity index (χ0) is 36.0. The van der Waals surface area contributed by atoms with Crippen molar-refractivity contribution in [1.82, 2.24) is 9.13 Å². The number of rotatable bonds is 5. The Morgan fingerprint density at radius 1 is 0.291 bits per heavy atom. The summed E-state index contributed by atoms with van der Waals surface area (Å²) in [7, 11) is 0. The van der Waals surface area contributed by atoms with E-state index in [2.05, 4.69) is 209 Å². The lowest BCUT2D eigenvalue weighted by molar-refractivity contribution is 0.975. The lowest BCUT2D eigenvalue weighted by atomic mass is 9.85. The van der Waals surface area contributed by atoms with E-state index in [4.69, 9.17) is 0 Å². The highest BCUT2D eigenvalue weighted by Crippen LogP contribution is 2.49. The van der Waals surface area contributed by atoms with Gasteiger partial charge >= 0.3 is 0 Å². The van der Waals surface area contributed by atoms with E-state index in [1.54, 1.807) is 0 Å². The van der Waals surface area contributed by atoms with Crippen LogP contribution in [-0.4, -0.2) is 9.13 Å². The van der Waals surface area contributed by atoms with Crippen LogP contribution in [0.2, 0.25) is 0 Å². The Kier molecular flexibility index (Phi) is 6.43. The van der Waals surface area contributed by atoms with Crippen LogP contribution in [0.5, 0.6) is 0 Å². The number of nitrogens with zero attached hydrogens (tertiary/aromatic N) is 2. The second-order valence-electron chi connectivity index (χ2n) is 14.8. The minimum atomic E-state index is 0.134. The van der Waals surface area contributed by atoms with E-state index in [1.807, 2.05) is 0 Å². The first-order valence-electron chi connectivity index (χ1n) is 19.1. The summed E-state index contributed by atoms with van der Waals surface area (Å²) in [6.45, 7) is 0. The van der Waals surface area contributed by atoms with Gasteiger partial charge in [-0.05, 0) is 92.2 Å². The van der Waals surface area contributed by atoms with Gasteiger partial charge in [0.05, 0.1) is 22.1 Å². The summed E-state index contributed by atoms with van der Waals surface area (Å²) in [4.78, 5) is 0. The molecule has 0 spiro atoms. The molecule has 2 heteroatoms. The van der Waals surface area contributed by atoms with Crippen LogP contribution >= 0.6 is 0 Å². The van der Waals surface area contributed by atoms with E-state index < -0.39 is 0 Å². The number of hydrogen-bond acceptors (Lipinski definition) is 0. The molecule has 0 radical (unpaired) electrons. The summed E-state index contributed by atoms with van der Waals surface area (Å²) in [5.41, 5.74) is 11.1. The molecule has 12 aromatic rings. The number of benzene rings is 9. The van der Waals surface area contributed by atoms with Crippen molar-refractivity contribution in [3.8, 4) is 11.4 Å². The van der Waals surface area contributed by atoms with Gasteiger partial charge in [-0.2, -0.15) is 0 Å². The van der Waals surface area contributed by atoms with Gasteiger partial charge in [0.2, 0.25) is 0 Å². The monoisotopic (exact) mass is 698 g/mol. The SMILES string of the molecule is c1ccc(C(c2ccccc2)c2ccc(-n3c4ccc5c6c7c(cccc7n5-c5ccccc5)c5ccccc5c5cc7ccccc7c3c5c64)cc2)cc1. The number of fused-ring (bicyclic) bond motifs is 5. The minimum Gasteiger partial charge on any atom is -0.309 e. The first kappa shape index (κ1) is 30.3. The normalized spacial score (nSPS) is 12.2. The summed E-state index contributed by atoms with van der Waals surface area (Å²) in [6, 6.07) is 73.9. The number of hydrogen-bond donors (Lipinski definition) is 0. The maximum Gasteiger partial charge on any atom is 0.0625 e. The Hall–Kier alpha value is -7.16. The van der Waals surface area contributed by atoms with Crippen LogP contribution in [0, 0.1) is 0 Å². The predicted molar refractivity (Wildman–Crippen MR) is 233 cm³/mol. The van der Waals surface area contributed by atoms with Gasteiger partial charge < -0.3 is 9.13 Å². The summed E-state index contributed by atoms with van der Waals surface area (Å²) in [5.74, 6) is 0.134. The Bertz CT molecular complexity index is 3350. The Morgan fingerprint density at radius 2 is 0.782 bits per heavy atom. The van der Waals surface area contributed by atoms with E-state index in [9.17, 15) is 0 Å². The molecule has 0 aliphatic heterocycles. The Balaban J connectivity index is 1.25. The third-order valence-corrected chi connectivity index (χ3v) is 11.9. The molecule has 0 aliphatic rings. The molecule has 2 heterocycles. The van der Waals surface area contributed by atoms with Crippen molar-refractivity contribution in [3.05, 3.63) is 217 Å². The van der Waals surface area contributed by atoms with Gasteiger partial charge in [-0.3, -0.25) is 0 Å². The van der Waals surface area contributed by atoms with Crippen molar-refractivity contribution in [2.24, 2.45) is 0 Å². The average molecular weight is 699 g/mol. The fourth-order valence-corrected chi connectivity index (χ4v) is 9.71. The second-order valence-corrected chi connectivity index (χ2v) is 14.8. The zero-order valence-electron chi connectivity index (χ0n) is 30.0. The summed E-state index contributed by atoms with van der Waals surface area (Å²) >= 11 is 0. The lowest BCUT2D eigenvalue weighted by Gasteiger charge is -2.20. The molecule has 0 N–H and O–H groups in total. The van der Waals surface area contributed by atoms with E-state index in [0.717, 1.165) is 5.69 Å². The van der Waals surface area contributed by atoms with Crippen LogP contribution in [0.3, 0.4) is 0 Å². The number of para-hydroxylation sites is 1. The average Bonchev–Trinajstić information content (AvgIpc) is 3.78. The highest BCUT2D eigenvalue weighted by molar-refractivity contribution is 6.41. The van der Waals surface area contributed by atoms with Gasteiger partial charge in [-0.25, -0.2) is 0 Å². The third kappa shape index (κ3) is 4.31. The molecule has 0 saturated carbocycles. The van der Waals surface area contributed by atoms with Crippen molar-refractivity contribution < 1.29 is 0 Å². The second kappa shape index (κ2) is 11.7. The van der Waals surface area contributed by atoms with Crippen LogP contribution in [0.1, 0.15) is 22.6 Å². The quantitative estimate of drug-likeness (QED) is 0.158. The summed E-state index contributed by atoms with van der Waals surface area (Å²) in [6.07, 6.45) is 0. The highest BCUT2D eigenvalue weighted by atomic mass is 15.0. The Labute approximate surface area is 318 Å². The molecule has 12 rings (SSSR count). The minimum absolute atomic E-state index is 0.134. The third-order valence-electron chi connectivity index (χ3n) is 11.9. The highest BCUT2D eigenvalue weighted by Gasteiger charge is 2.26. The van der Waals surface area contributed by atoms with Gasteiger partial charge in [0.1, 0.15) is 0 Å². The molecule has 0 unspecified atom stereocenters. The van der Waals surface area contributed by atoms with Crippen molar-refractivity contribution in [3.63, 3.8) is 0 Å². The van der Waals surface area contributed by atoms with Crippen LogP contribution in [0.15, 0.2) is 200 Å². The molecule has 2 aromatic heterocycles. The van der Waals surface area contributed by atoms with Crippen LogP contribution in [0.4, 0.5) is 0 Å². The topological polar surface area (TPSA) is 9.86 Å². The maximum absolute atomic E-state index is 2.54. The smallest absolute Gasteiger partial charge is 0.0625 e. The number of aromatic nitrogens is 2. The molecule has 0 amide bonds. The zero-order valence-corrected chi connectivity index (χ0v) is 30.0. The van der Waals surface area contributed by atoms with Gasteiger partial charge in [0.15, 0.2) is 0 Å². The molecule has 256 valence electrons. The molecule has 0 saturated heterocycles. The molecular weight excluding hydrogens is 665 g/mol. The Morgan fingerprint density at radius 3 is 1.47 bits per heavy atom. The molecule has 55 heavy (non-hydrogen) atoms. The van der Waals surface area contributed by atoms with Crippen molar-refractivity contribution in [1.29, 1.82) is 0 Å². The molecule has 10 aromatic carbocycles. The van der Waals surface area contributed by atoms with E-state index in [1.165, 1.54) is 98.3 Å². The predicted octanol–water partition coefficient (Wildman–Crippen LogP) is 14.0. The van der Waals surface area contributed by atoms with Crippen LogP contribution in [-0.2, 0) is 0 Å². The lowest BCUT2D eigenvalue weighted by Crippen LogP contribution is -2.04. The van der Waals surface area contributed by atoms with Crippen LogP contribution < -0.4 is 0 Å². The fourth-order valence-electron chi connectivity index (χ4n) is 9.71. The van der Waals surface area contributed by atoms with Gasteiger partial charge in [0, 0.05) is 44.2 Å². The van der Waals surface area contributed by atoms with Crippen molar-refractivity contribution >= 4 is 75.9 Å². The summed E-state index contributed by atoms with van der Waals surface area (Å²) in [5, 5.41) is 12.8. The van der Waals surface area contributed by atoms with E-state index in [-0.39, 0.29) is 5.92 Å². The molecule has 0 bridgehead atoms. The maximum atomic E-state index is 2.54. The van der Waals surface area contributed by atoms with Gasteiger partial charge in [0.25, 0.3) is 0 Å². The molecule has 0 aliphatic carbocycles. The van der Waals surface area contributed by atoms with Crippen molar-refractivity contribution in [2.45, 2.75) is 5.92 Å². The van der Waals surface area contributed by atoms with Gasteiger partial charge in [-0.15, -0.1) is 0 Å². The van der Waals surface area contributed by atoms with E-state index >= 15 is 0 Å². The van der Waals surface area contributed by atoms with E-state index in [0.29, 0.717) is 0 Å². The summed E-state index contributed by atoms with van der Waals surface area (Å²) < 4.78 is 5.01. The first-order chi connectivity index (χ1) is 27.3. The standard InChI is InChI=1S/C53H34N2/c1-4-15-34(16-5-1)48(35-17-6-2-7-18-35)36-27-29-39(30-28-36)55-47-32-31-46-51-49-43(25-14-26-45(49)54(46)38-20-8-3-9-21-38)41-23-12-13-24-42(41)44-33-37-19-10-11-22-40(37)53(55)50(44)52(47)51/h1-33,48H. The fraction of sp³-hybridized carbons (Fsp3) is 0.0189. The van der Waals surface area contributed by atoms with Crippen LogP contribution in [0.25, 0.3) is 87.3 Å². The molecule has 0 fully saturated rings. The first-order valence-corrected chi connectivity index (χ1v) is 19.1.